The Morgan fingerprint density at radius 2 is 1.12 bits per heavy atom. The number of nitrogens with zero attached hydrogens (tertiary/aromatic N) is 4. The molecule has 2 heterocycles. The lowest BCUT2D eigenvalue weighted by molar-refractivity contribution is -0.137. The van der Waals surface area contributed by atoms with E-state index in [-0.39, 0.29) is 0 Å². The van der Waals surface area contributed by atoms with Crippen molar-refractivity contribution in [1.29, 1.82) is 0 Å². The van der Waals surface area contributed by atoms with Gasteiger partial charge >= 0.3 is 6.18 Å². The quantitative estimate of drug-likeness (QED) is 0.198. The van der Waals surface area contributed by atoms with Gasteiger partial charge in [0.1, 0.15) is 16.9 Å². The molecule has 0 saturated heterocycles. The Balaban J connectivity index is 1.44. The van der Waals surface area contributed by atoms with Crippen LogP contribution in [0.5, 0.6) is 0 Å². The highest BCUT2D eigenvalue weighted by molar-refractivity contribution is 7.00. The van der Waals surface area contributed by atoms with Crippen molar-refractivity contribution < 1.29 is 13.2 Å². The maximum atomic E-state index is 13.2. The smallest absolute Gasteiger partial charge is 0.292 e. The normalized spacial score (nSPS) is 12.2. The van der Waals surface area contributed by atoms with E-state index in [1.165, 1.54) is 12.1 Å². The van der Waals surface area contributed by atoms with Crippen molar-refractivity contribution in [3.05, 3.63) is 121 Å². The van der Waals surface area contributed by atoms with Gasteiger partial charge < -0.3 is 0 Å². The van der Waals surface area contributed by atoms with E-state index in [0.29, 0.717) is 16.6 Å². The molecule has 4 nitrogen and oxygen atoms in total. The van der Waals surface area contributed by atoms with E-state index in [0.717, 1.165) is 79.1 Å². The molecule has 0 aliphatic carbocycles. The zero-order valence-corrected chi connectivity index (χ0v) is 22.6. The first-order chi connectivity index (χ1) is 20.5. The van der Waals surface area contributed by atoms with E-state index in [9.17, 15) is 13.2 Å². The minimum atomic E-state index is -4.40. The summed E-state index contributed by atoms with van der Waals surface area (Å²) in [4.78, 5) is 5.28. The number of rotatable bonds is 3. The van der Waals surface area contributed by atoms with Gasteiger partial charge in [-0.15, -0.1) is 0 Å². The summed E-state index contributed by atoms with van der Waals surface area (Å²) in [6.07, 6.45) is -4.40. The summed E-state index contributed by atoms with van der Waals surface area (Å²) in [5, 5.41) is 4.41. The number of hydrogen-bond donors (Lipinski definition) is 0. The fourth-order valence-electron chi connectivity index (χ4n) is 5.83. The van der Waals surface area contributed by atoms with Gasteiger partial charge in [0.2, 0.25) is 0 Å². The first kappa shape index (κ1) is 24.7. The van der Waals surface area contributed by atoms with Gasteiger partial charge in [0, 0.05) is 27.6 Å². The van der Waals surface area contributed by atoms with Crippen molar-refractivity contribution in [2.75, 3.05) is 0 Å². The summed E-state index contributed by atoms with van der Waals surface area (Å²) in [5.74, 6) is 0.717. The maximum Gasteiger partial charge on any atom is 0.416 e. The molecule has 42 heavy (non-hydrogen) atoms. The summed E-state index contributed by atoms with van der Waals surface area (Å²) in [6, 6.07) is 35.8. The van der Waals surface area contributed by atoms with Crippen molar-refractivity contribution in [2.24, 2.45) is 0 Å². The summed E-state index contributed by atoms with van der Waals surface area (Å²) >= 11 is 1.07. The standard InChI is InChI=1S/C34H19F3N4S/c35-34(36,37)21-16-14-20(15-17-21)23-18-19-28(30-29(23)39-42-40-30)33-38-31-26-12-6-4-10-24(26)25-11-5-7-13-27(25)32(31)41(33)22-8-2-1-3-9-22/h1-19H. The summed E-state index contributed by atoms with van der Waals surface area (Å²) in [7, 11) is 0. The summed E-state index contributed by atoms with van der Waals surface area (Å²) in [6.45, 7) is 0. The van der Waals surface area contributed by atoms with Crippen LogP contribution in [0.2, 0.25) is 0 Å². The van der Waals surface area contributed by atoms with Crippen LogP contribution in [0.1, 0.15) is 5.56 Å². The zero-order valence-electron chi connectivity index (χ0n) is 21.8. The van der Waals surface area contributed by atoms with E-state index in [1.807, 2.05) is 48.5 Å². The molecule has 0 N–H and O–H groups in total. The second-order valence-electron chi connectivity index (χ2n) is 10.1. The Labute approximate surface area is 241 Å². The van der Waals surface area contributed by atoms with Gasteiger partial charge in [-0.1, -0.05) is 84.9 Å². The Hall–Kier alpha value is -5.08. The molecular weight excluding hydrogens is 553 g/mol. The van der Waals surface area contributed by atoms with Crippen LogP contribution < -0.4 is 0 Å². The van der Waals surface area contributed by atoms with Gasteiger partial charge in [-0.3, -0.25) is 4.57 Å². The third-order valence-electron chi connectivity index (χ3n) is 7.73. The fraction of sp³-hybridized carbons (Fsp3) is 0.0294. The van der Waals surface area contributed by atoms with E-state index in [4.69, 9.17) is 4.98 Å². The van der Waals surface area contributed by atoms with Crippen LogP contribution in [-0.4, -0.2) is 18.3 Å². The molecule has 0 aliphatic heterocycles. The average molecular weight is 573 g/mol. The van der Waals surface area contributed by atoms with Crippen molar-refractivity contribution in [1.82, 2.24) is 18.3 Å². The molecule has 0 saturated carbocycles. The molecule has 2 aromatic heterocycles. The molecule has 0 aliphatic rings. The fourth-order valence-corrected chi connectivity index (χ4v) is 6.41. The number of imidazole rings is 1. The monoisotopic (exact) mass is 572 g/mol. The molecule has 8 aromatic rings. The Bertz CT molecular complexity index is 2290. The topological polar surface area (TPSA) is 43.6 Å². The molecule has 0 unspecified atom stereocenters. The van der Waals surface area contributed by atoms with Gasteiger partial charge in [0.15, 0.2) is 0 Å². The predicted molar refractivity (Wildman–Crippen MR) is 163 cm³/mol. The second kappa shape index (κ2) is 9.22. The third-order valence-corrected chi connectivity index (χ3v) is 8.25. The van der Waals surface area contributed by atoms with Gasteiger partial charge in [-0.05, 0) is 46.7 Å². The number of fused-ring (bicyclic) bond motifs is 7. The Morgan fingerprint density at radius 3 is 1.81 bits per heavy atom. The largest absolute Gasteiger partial charge is 0.416 e. The van der Waals surface area contributed by atoms with Crippen LogP contribution >= 0.6 is 11.7 Å². The number of benzene rings is 6. The summed E-state index contributed by atoms with van der Waals surface area (Å²) < 4.78 is 51.0. The predicted octanol–water partition coefficient (Wildman–Crippen LogP) is 9.69. The van der Waals surface area contributed by atoms with Crippen LogP contribution in [0.25, 0.3) is 71.8 Å². The van der Waals surface area contributed by atoms with Crippen molar-refractivity contribution in [3.8, 4) is 28.2 Å². The van der Waals surface area contributed by atoms with Crippen LogP contribution in [-0.2, 0) is 6.18 Å². The number of alkyl halides is 3. The number of hydrogen-bond acceptors (Lipinski definition) is 4. The zero-order chi connectivity index (χ0) is 28.4. The minimum absolute atomic E-state index is 0.624. The molecule has 0 radical (unpaired) electrons. The molecule has 6 aromatic carbocycles. The van der Waals surface area contributed by atoms with E-state index in [1.54, 1.807) is 0 Å². The first-order valence-corrected chi connectivity index (χ1v) is 14.0. The SMILES string of the molecule is FC(F)(F)c1ccc(-c2ccc(-c3nc4c5ccccc5c5ccccc5c4n3-c3ccccc3)c3nsnc23)cc1. The second-order valence-corrected chi connectivity index (χ2v) is 10.6. The van der Waals surface area contributed by atoms with Crippen LogP contribution in [0, 0.1) is 0 Å². The molecule has 0 spiro atoms. The molecule has 8 heteroatoms. The summed E-state index contributed by atoms with van der Waals surface area (Å²) in [5.41, 5.74) is 5.57. The highest BCUT2D eigenvalue weighted by Crippen LogP contribution is 2.41. The van der Waals surface area contributed by atoms with Gasteiger partial charge in [-0.25, -0.2) is 4.98 Å². The first-order valence-electron chi connectivity index (χ1n) is 13.3. The highest BCUT2D eigenvalue weighted by atomic mass is 32.1. The highest BCUT2D eigenvalue weighted by Gasteiger charge is 2.30. The van der Waals surface area contributed by atoms with Crippen molar-refractivity contribution in [2.45, 2.75) is 6.18 Å². The molecule has 0 fully saturated rings. The van der Waals surface area contributed by atoms with E-state index >= 15 is 0 Å². The minimum Gasteiger partial charge on any atom is -0.292 e. The van der Waals surface area contributed by atoms with Gasteiger partial charge in [-0.2, -0.15) is 21.9 Å². The van der Waals surface area contributed by atoms with E-state index in [2.05, 4.69) is 55.8 Å². The number of para-hydroxylation sites is 1. The Morgan fingerprint density at radius 1 is 0.548 bits per heavy atom. The molecule has 202 valence electrons. The van der Waals surface area contributed by atoms with Crippen LogP contribution in [0.4, 0.5) is 13.2 Å². The van der Waals surface area contributed by atoms with Crippen LogP contribution in [0.3, 0.4) is 0 Å². The van der Waals surface area contributed by atoms with Gasteiger partial charge in [0.05, 0.1) is 28.3 Å². The maximum absolute atomic E-state index is 13.2. The number of halogens is 3. The van der Waals surface area contributed by atoms with Crippen molar-refractivity contribution >= 4 is 55.3 Å². The third kappa shape index (κ3) is 3.72. The molecule has 0 atom stereocenters. The molecule has 8 rings (SSSR count). The molecule has 0 bridgehead atoms. The van der Waals surface area contributed by atoms with E-state index < -0.39 is 11.7 Å². The lowest BCUT2D eigenvalue weighted by Crippen LogP contribution is -2.04. The lowest BCUT2D eigenvalue weighted by Gasteiger charge is -2.13. The molecular formula is C34H19F3N4S. The molecule has 0 amide bonds. The lowest BCUT2D eigenvalue weighted by atomic mass is 9.99. The number of aromatic nitrogens is 4. The van der Waals surface area contributed by atoms with Gasteiger partial charge in [0.25, 0.3) is 0 Å². The van der Waals surface area contributed by atoms with Crippen molar-refractivity contribution in [3.63, 3.8) is 0 Å². The Kier molecular flexibility index (Phi) is 5.42. The van der Waals surface area contributed by atoms with Crippen LogP contribution in [0.15, 0.2) is 115 Å². The average Bonchev–Trinajstić information content (AvgIpc) is 3.67.